The zero-order valence-electron chi connectivity index (χ0n) is 26.3. The SMILES string of the molecule is [C-]#[N+]c1c([N+]#[C-])c2c(c(C#N)c1-n1c3ccccc3c3ccc4c5ccccc5n(-c5ccccc5)c4c31)C(C)(C)CCC2(C)C. The van der Waals surface area contributed by atoms with Crippen LogP contribution in [0.3, 0.4) is 0 Å². The highest BCUT2D eigenvalue weighted by molar-refractivity contribution is 6.24. The topological polar surface area (TPSA) is 42.4 Å². The lowest BCUT2D eigenvalue weighted by Gasteiger charge is -2.44. The predicted octanol–water partition coefficient (Wildman–Crippen LogP) is 11.2. The lowest BCUT2D eigenvalue weighted by Crippen LogP contribution is -2.35. The Bertz CT molecular complexity index is 2550. The van der Waals surface area contributed by atoms with Gasteiger partial charge in [0.05, 0.1) is 46.5 Å². The molecule has 0 saturated carbocycles. The van der Waals surface area contributed by atoms with Crippen LogP contribution in [0.15, 0.2) is 91.0 Å². The zero-order valence-corrected chi connectivity index (χ0v) is 26.3. The molecule has 7 aromatic rings. The second-order valence-corrected chi connectivity index (χ2v) is 13.7. The van der Waals surface area contributed by atoms with Crippen LogP contribution in [0.5, 0.6) is 0 Å². The standard InChI is InChI=1S/C41H31N5/c1-40(2)22-23-41(3,4)34-33(40)30(24-42)37(36(44-6)35(34)43-5)46-32-19-13-11-17-27(32)29-21-20-28-26-16-10-12-18-31(26)45(38(28)39(29)46)25-14-8-7-9-15-25/h7-21H,22-23H2,1-4H3. The van der Waals surface area contributed by atoms with Crippen LogP contribution in [0.4, 0.5) is 11.4 Å². The van der Waals surface area contributed by atoms with E-state index in [1.165, 1.54) is 0 Å². The van der Waals surface area contributed by atoms with Crippen molar-refractivity contribution in [1.82, 2.24) is 9.13 Å². The number of benzene rings is 5. The Hall–Kier alpha value is -5.83. The minimum Gasteiger partial charge on any atom is -0.317 e. The normalized spacial score (nSPS) is 15.1. The van der Waals surface area contributed by atoms with Crippen molar-refractivity contribution in [3.63, 3.8) is 0 Å². The molecule has 0 radical (unpaired) electrons. The van der Waals surface area contributed by atoms with Crippen molar-refractivity contribution < 1.29 is 0 Å². The minimum absolute atomic E-state index is 0.248. The molecular formula is C41H31N5. The van der Waals surface area contributed by atoms with Crippen LogP contribution in [-0.4, -0.2) is 9.13 Å². The minimum atomic E-state index is -0.350. The molecule has 0 bridgehead atoms. The Kier molecular flexibility index (Phi) is 5.77. The average molecular weight is 594 g/mol. The Balaban J connectivity index is 1.70. The molecule has 0 N–H and O–H groups in total. The molecule has 2 heterocycles. The average Bonchev–Trinajstić information content (AvgIpc) is 3.59. The summed E-state index contributed by atoms with van der Waals surface area (Å²) < 4.78 is 4.43. The van der Waals surface area contributed by atoms with Gasteiger partial charge < -0.3 is 9.13 Å². The third-order valence-electron chi connectivity index (χ3n) is 10.2. The van der Waals surface area contributed by atoms with Crippen LogP contribution in [-0.2, 0) is 10.8 Å². The fourth-order valence-electron chi connectivity index (χ4n) is 8.04. The van der Waals surface area contributed by atoms with Crippen molar-refractivity contribution in [3.8, 4) is 17.4 Å². The van der Waals surface area contributed by atoms with Gasteiger partial charge >= 0.3 is 0 Å². The van der Waals surface area contributed by atoms with Gasteiger partial charge in [-0.25, -0.2) is 9.69 Å². The summed E-state index contributed by atoms with van der Waals surface area (Å²) in [6, 6.07) is 34.0. The van der Waals surface area contributed by atoms with Gasteiger partial charge in [0.2, 0.25) is 11.4 Å². The van der Waals surface area contributed by atoms with Gasteiger partial charge in [0.25, 0.3) is 0 Å². The highest BCUT2D eigenvalue weighted by atomic mass is 15.1. The Morgan fingerprint density at radius 3 is 1.67 bits per heavy atom. The van der Waals surface area contributed by atoms with Crippen LogP contribution >= 0.6 is 0 Å². The van der Waals surface area contributed by atoms with E-state index in [0.717, 1.165) is 73.3 Å². The first kappa shape index (κ1) is 27.7. The van der Waals surface area contributed by atoms with E-state index in [2.05, 4.69) is 113 Å². The summed E-state index contributed by atoms with van der Waals surface area (Å²) in [6.45, 7) is 25.6. The Morgan fingerprint density at radius 1 is 0.609 bits per heavy atom. The maximum absolute atomic E-state index is 11.1. The van der Waals surface area contributed by atoms with E-state index in [9.17, 15) is 5.26 Å². The van der Waals surface area contributed by atoms with E-state index in [1.807, 2.05) is 30.3 Å². The summed E-state index contributed by atoms with van der Waals surface area (Å²) in [6.07, 6.45) is 1.76. The molecule has 220 valence electrons. The monoisotopic (exact) mass is 593 g/mol. The number of fused-ring (bicyclic) bond motifs is 8. The molecule has 0 spiro atoms. The number of nitrogens with zero attached hydrogens (tertiary/aromatic N) is 5. The highest BCUT2D eigenvalue weighted by Crippen LogP contribution is 2.57. The van der Waals surface area contributed by atoms with Gasteiger partial charge in [0, 0.05) is 27.2 Å². The summed E-state index contributed by atoms with van der Waals surface area (Å²) in [7, 11) is 0. The molecule has 1 aliphatic carbocycles. The second-order valence-electron chi connectivity index (χ2n) is 13.7. The van der Waals surface area contributed by atoms with E-state index >= 15 is 0 Å². The first-order chi connectivity index (χ1) is 22.2. The molecular weight excluding hydrogens is 562 g/mol. The number of rotatable bonds is 2. The van der Waals surface area contributed by atoms with Crippen LogP contribution in [0.25, 0.3) is 64.7 Å². The number of hydrogen-bond donors (Lipinski definition) is 0. The van der Waals surface area contributed by atoms with Gasteiger partial charge in [-0.1, -0.05) is 94.4 Å². The predicted molar refractivity (Wildman–Crippen MR) is 188 cm³/mol. The highest BCUT2D eigenvalue weighted by Gasteiger charge is 2.43. The molecule has 5 heteroatoms. The fraction of sp³-hybridized carbons (Fsp3) is 0.195. The van der Waals surface area contributed by atoms with Gasteiger partial charge in [-0.2, -0.15) is 5.26 Å². The van der Waals surface area contributed by atoms with E-state index in [-0.39, 0.29) is 16.5 Å². The van der Waals surface area contributed by atoms with Crippen molar-refractivity contribution in [3.05, 3.63) is 131 Å². The molecule has 0 aliphatic heterocycles. The zero-order chi connectivity index (χ0) is 32.0. The van der Waals surface area contributed by atoms with Crippen molar-refractivity contribution in [1.29, 1.82) is 5.26 Å². The largest absolute Gasteiger partial charge is 0.317 e. The van der Waals surface area contributed by atoms with E-state index in [0.29, 0.717) is 16.9 Å². The summed E-state index contributed by atoms with van der Waals surface area (Å²) in [5.41, 5.74) is 7.62. The van der Waals surface area contributed by atoms with Gasteiger partial charge in [-0.3, -0.25) is 0 Å². The summed E-state index contributed by atoms with van der Waals surface area (Å²) >= 11 is 0. The quantitative estimate of drug-likeness (QED) is 0.184. The summed E-state index contributed by atoms with van der Waals surface area (Å²) in [4.78, 5) is 8.19. The van der Waals surface area contributed by atoms with Gasteiger partial charge in [0.15, 0.2) is 0 Å². The second kappa shape index (κ2) is 9.58. The first-order valence-electron chi connectivity index (χ1n) is 15.6. The van der Waals surface area contributed by atoms with Crippen molar-refractivity contribution in [2.24, 2.45) is 0 Å². The molecule has 0 amide bonds. The lowest BCUT2D eigenvalue weighted by molar-refractivity contribution is 0.332. The molecule has 5 nitrogen and oxygen atoms in total. The summed E-state index contributed by atoms with van der Waals surface area (Å²) in [5.74, 6) is 0. The number of hydrogen-bond acceptors (Lipinski definition) is 1. The summed E-state index contributed by atoms with van der Waals surface area (Å²) in [5, 5.41) is 15.4. The van der Waals surface area contributed by atoms with Crippen LogP contribution in [0.1, 0.15) is 57.2 Å². The van der Waals surface area contributed by atoms with Crippen LogP contribution in [0, 0.1) is 24.5 Å². The maximum atomic E-state index is 11.1. The maximum Gasteiger partial charge on any atom is 0.219 e. The third kappa shape index (κ3) is 3.53. The van der Waals surface area contributed by atoms with Crippen molar-refractivity contribution >= 4 is 55.0 Å². The van der Waals surface area contributed by atoms with Crippen LogP contribution < -0.4 is 0 Å². The van der Waals surface area contributed by atoms with Crippen LogP contribution in [0.2, 0.25) is 0 Å². The molecule has 0 atom stereocenters. The fourth-order valence-corrected chi connectivity index (χ4v) is 8.04. The lowest BCUT2D eigenvalue weighted by atomic mass is 9.61. The molecule has 0 fully saturated rings. The van der Waals surface area contributed by atoms with Crippen molar-refractivity contribution in [2.45, 2.75) is 51.4 Å². The molecule has 0 saturated heterocycles. The number of nitriles is 1. The first-order valence-corrected chi connectivity index (χ1v) is 15.6. The Labute approximate surface area is 268 Å². The van der Waals surface area contributed by atoms with Gasteiger partial charge in [-0.15, -0.1) is 0 Å². The molecule has 0 unspecified atom stereocenters. The van der Waals surface area contributed by atoms with Gasteiger partial charge in [-0.05, 0) is 59.1 Å². The molecule has 8 rings (SSSR count). The van der Waals surface area contributed by atoms with E-state index < -0.39 is 0 Å². The molecule has 2 aromatic heterocycles. The third-order valence-corrected chi connectivity index (χ3v) is 10.2. The van der Waals surface area contributed by atoms with E-state index in [4.69, 9.17) is 13.1 Å². The Morgan fingerprint density at radius 2 is 1.11 bits per heavy atom. The molecule has 5 aromatic carbocycles. The van der Waals surface area contributed by atoms with E-state index in [1.54, 1.807) is 0 Å². The smallest absolute Gasteiger partial charge is 0.219 e. The molecule has 1 aliphatic rings. The number of para-hydroxylation sites is 3. The number of aromatic nitrogens is 2. The van der Waals surface area contributed by atoms with Crippen molar-refractivity contribution in [2.75, 3.05) is 0 Å². The van der Waals surface area contributed by atoms with Gasteiger partial charge in [0.1, 0.15) is 6.07 Å². The molecule has 46 heavy (non-hydrogen) atoms.